The normalized spacial score (nSPS) is 14.8. The Bertz CT molecular complexity index is 701. The lowest BCUT2D eigenvalue weighted by Gasteiger charge is -2.26. The van der Waals surface area contributed by atoms with Crippen molar-refractivity contribution in [2.45, 2.75) is 6.42 Å². The van der Waals surface area contributed by atoms with E-state index in [9.17, 15) is 9.18 Å². The highest BCUT2D eigenvalue weighted by Crippen LogP contribution is 2.13. The summed E-state index contributed by atoms with van der Waals surface area (Å²) < 4.78 is 23.8. The highest BCUT2D eigenvalue weighted by atomic mass is 19.1. The van der Waals surface area contributed by atoms with Crippen molar-refractivity contribution in [2.24, 2.45) is 0 Å². The van der Waals surface area contributed by atoms with Gasteiger partial charge in [0, 0.05) is 25.7 Å². The molecule has 0 aliphatic carbocycles. The topological polar surface area (TPSA) is 63.7 Å². The molecule has 2 aromatic rings. The summed E-state index contributed by atoms with van der Waals surface area (Å²) >= 11 is 0. The molecule has 1 fully saturated rings. The molecule has 1 N–H and O–H groups in total. The van der Waals surface area contributed by atoms with E-state index in [1.54, 1.807) is 30.5 Å². The first-order valence-corrected chi connectivity index (χ1v) is 8.62. The Hall–Kier alpha value is -2.51. The van der Waals surface area contributed by atoms with E-state index in [2.05, 4.69) is 15.2 Å². The molecule has 1 amide bonds. The zero-order chi connectivity index (χ0) is 18.2. The van der Waals surface area contributed by atoms with E-state index in [1.807, 2.05) is 0 Å². The zero-order valence-corrected chi connectivity index (χ0v) is 14.5. The van der Waals surface area contributed by atoms with E-state index in [0.717, 1.165) is 38.4 Å². The van der Waals surface area contributed by atoms with Gasteiger partial charge in [-0.2, -0.15) is 0 Å². The van der Waals surface area contributed by atoms with Crippen LogP contribution in [0.15, 0.2) is 42.6 Å². The number of pyridine rings is 1. The van der Waals surface area contributed by atoms with E-state index < -0.39 is 0 Å². The summed E-state index contributed by atoms with van der Waals surface area (Å²) in [7, 11) is 0. The lowest BCUT2D eigenvalue weighted by Crippen LogP contribution is -2.38. The van der Waals surface area contributed by atoms with Gasteiger partial charge in [-0.15, -0.1) is 0 Å². The second-order valence-corrected chi connectivity index (χ2v) is 6.04. The standard InChI is InChI=1S/C19H22FN3O3/c20-16-3-1-15(2-4-16)13-18(24)22-17-5-6-19(21-14-17)26-12-9-23-7-10-25-11-8-23/h1-6,14H,7-13H2,(H,22,24). The summed E-state index contributed by atoms with van der Waals surface area (Å²) in [4.78, 5) is 18.5. The Morgan fingerprint density at radius 2 is 1.96 bits per heavy atom. The number of amides is 1. The molecule has 1 aromatic carbocycles. The minimum absolute atomic E-state index is 0.179. The van der Waals surface area contributed by atoms with Crippen LogP contribution in [0.3, 0.4) is 0 Å². The van der Waals surface area contributed by atoms with Gasteiger partial charge in [-0.1, -0.05) is 12.1 Å². The fourth-order valence-corrected chi connectivity index (χ4v) is 2.64. The number of hydrogen-bond donors (Lipinski definition) is 1. The first-order chi connectivity index (χ1) is 12.7. The van der Waals surface area contributed by atoms with Crippen LogP contribution in [0.5, 0.6) is 5.88 Å². The second kappa shape index (κ2) is 9.26. The van der Waals surface area contributed by atoms with E-state index in [-0.39, 0.29) is 18.1 Å². The van der Waals surface area contributed by atoms with Crippen molar-refractivity contribution in [3.05, 3.63) is 54.0 Å². The molecular weight excluding hydrogens is 337 g/mol. The van der Waals surface area contributed by atoms with Crippen molar-refractivity contribution in [2.75, 3.05) is 44.8 Å². The van der Waals surface area contributed by atoms with Gasteiger partial charge in [0.25, 0.3) is 0 Å². The van der Waals surface area contributed by atoms with Crippen molar-refractivity contribution in [3.63, 3.8) is 0 Å². The number of benzene rings is 1. The molecule has 1 aliphatic heterocycles. The molecule has 0 radical (unpaired) electrons. The molecule has 0 spiro atoms. The van der Waals surface area contributed by atoms with E-state index in [1.165, 1.54) is 12.1 Å². The average molecular weight is 359 g/mol. The van der Waals surface area contributed by atoms with Crippen LogP contribution in [0.2, 0.25) is 0 Å². The van der Waals surface area contributed by atoms with Crippen LogP contribution in [0.1, 0.15) is 5.56 Å². The van der Waals surface area contributed by atoms with Gasteiger partial charge in [0.15, 0.2) is 0 Å². The highest BCUT2D eigenvalue weighted by molar-refractivity contribution is 5.92. The summed E-state index contributed by atoms with van der Waals surface area (Å²) in [5, 5.41) is 2.77. The Kier molecular flexibility index (Phi) is 6.51. The van der Waals surface area contributed by atoms with Gasteiger partial charge < -0.3 is 14.8 Å². The minimum Gasteiger partial charge on any atom is -0.476 e. The third-order valence-corrected chi connectivity index (χ3v) is 4.06. The molecule has 26 heavy (non-hydrogen) atoms. The minimum atomic E-state index is -0.317. The number of morpholine rings is 1. The first kappa shape index (κ1) is 18.3. The first-order valence-electron chi connectivity index (χ1n) is 8.62. The van der Waals surface area contributed by atoms with Gasteiger partial charge >= 0.3 is 0 Å². The molecule has 1 aliphatic rings. The number of hydrogen-bond acceptors (Lipinski definition) is 5. The molecule has 2 heterocycles. The molecule has 138 valence electrons. The molecular formula is C19H22FN3O3. The summed E-state index contributed by atoms with van der Waals surface area (Å²) in [6.45, 7) is 4.78. The van der Waals surface area contributed by atoms with Crippen molar-refractivity contribution in [3.8, 4) is 5.88 Å². The molecule has 3 rings (SSSR count). The highest BCUT2D eigenvalue weighted by Gasteiger charge is 2.10. The third-order valence-electron chi connectivity index (χ3n) is 4.06. The van der Waals surface area contributed by atoms with Crippen molar-refractivity contribution in [1.82, 2.24) is 9.88 Å². The Balaban J connectivity index is 1.41. The molecule has 1 aromatic heterocycles. The molecule has 1 saturated heterocycles. The number of rotatable bonds is 7. The number of nitrogens with one attached hydrogen (secondary N) is 1. The predicted octanol–water partition coefficient (Wildman–Crippen LogP) is 2.11. The fraction of sp³-hybridized carbons (Fsp3) is 0.368. The largest absolute Gasteiger partial charge is 0.476 e. The van der Waals surface area contributed by atoms with Gasteiger partial charge in [-0.05, 0) is 23.8 Å². The van der Waals surface area contributed by atoms with Crippen LogP contribution in [0, 0.1) is 5.82 Å². The second-order valence-electron chi connectivity index (χ2n) is 6.04. The van der Waals surface area contributed by atoms with Crippen molar-refractivity contribution in [1.29, 1.82) is 0 Å². The van der Waals surface area contributed by atoms with E-state index in [0.29, 0.717) is 18.2 Å². The van der Waals surface area contributed by atoms with Crippen LogP contribution in [0.25, 0.3) is 0 Å². The SMILES string of the molecule is O=C(Cc1ccc(F)cc1)Nc1ccc(OCCN2CCOCC2)nc1. The molecule has 0 atom stereocenters. The molecule has 7 heteroatoms. The number of halogens is 1. The smallest absolute Gasteiger partial charge is 0.228 e. The zero-order valence-electron chi connectivity index (χ0n) is 14.5. The lowest BCUT2D eigenvalue weighted by atomic mass is 10.1. The van der Waals surface area contributed by atoms with Gasteiger partial charge in [-0.3, -0.25) is 9.69 Å². The molecule has 0 saturated carbocycles. The molecule has 6 nitrogen and oxygen atoms in total. The van der Waals surface area contributed by atoms with Gasteiger partial charge in [-0.25, -0.2) is 9.37 Å². The molecule has 0 unspecified atom stereocenters. The van der Waals surface area contributed by atoms with Gasteiger partial charge in [0.2, 0.25) is 11.8 Å². The third kappa shape index (κ3) is 5.79. The van der Waals surface area contributed by atoms with Crippen molar-refractivity contribution < 1.29 is 18.7 Å². The summed E-state index contributed by atoms with van der Waals surface area (Å²) in [6.07, 6.45) is 1.74. The molecule has 0 bridgehead atoms. The Morgan fingerprint density at radius 3 is 2.65 bits per heavy atom. The van der Waals surface area contributed by atoms with Crippen molar-refractivity contribution >= 4 is 11.6 Å². The van der Waals surface area contributed by atoms with E-state index in [4.69, 9.17) is 9.47 Å². The number of nitrogens with zero attached hydrogens (tertiary/aromatic N) is 2. The lowest BCUT2D eigenvalue weighted by molar-refractivity contribution is -0.115. The van der Waals surface area contributed by atoms with Crippen LogP contribution >= 0.6 is 0 Å². The van der Waals surface area contributed by atoms with Crippen LogP contribution < -0.4 is 10.1 Å². The van der Waals surface area contributed by atoms with Gasteiger partial charge in [0.1, 0.15) is 12.4 Å². The van der Waals surface area contributed by atoms with Crippen LogP contribution in [-0.2, 0) is 16.0 Å². The average Bonchev–Trinajstić information content (AvgIpc) is 2.66. The number of aromatic nitrogens is 1. The maximum absolute atomic E-state index is 12.9. The number of ether oxygens (including phenoxy) is 2. The monoisotopic (exact) mass is 359 g/mol. The number of carbonyl (C=O) groups excluding carboxylic acids is 1. The fourth-order valence-electron chi connectivity index (χ4n) is 2.64. The van der Waals surface area contributed by atoms with Crippen LogP contribution in [-0.4, -0.2) is 55.2 Å². The maximum Gasteiger partial charge on any atom is 0.228 e. The summed E-state index contributed by atoms with van der Waals surface area (Å²) in [6, 6.07) is 9.35. The summed E-state index contributed by atoms with van der Waals surface area (Å²) in [5.74, 6) is 0.0248. The van der Waals surface area contributed by atoms with Gasteiger partial charge in [0.05, 0.1) is 31.5 Å². The maximum atomic E-state index is 12.9. The number of carbonyl (C=O) groups is 1. The number of anilines is 1. The Labute approximate surface area is 151 Å². The van der Waals surface area contributed by atoms with E-state index >= 15 is 0 Å². The quantitative estimate of drug-likeness (QED) is 0.820. The summed E-state index contributed by atoms with van der Waals surface area (Å²) in [5.41, 5.74) is 1.34. The van der Waals surface area contributed by atoms with Crippen LogP contribution in [0.4, 0.5) is 10.1 Å². The Morgan fingerprint density at radius 1 is 1.19 bits per heavy atom. The predicted molar refractivity (Wildman–Crippen MR) is 95.7 cm³/mol.